The SMILES string of the molecule is NC(=O)c1cccc(CSC2=NC3CCCCC3N2)c1. The Hall–Kier alpha value is -1.49. The predicted octanol–water partition coefficient (Wildman–Crippen LogP) is 2.29. The second kappa shape index (κ2) is 5.87. The third-order valence-electron chi connectivity index (χ3n) is 3.91. The Morgan fingerprint density at radius 3 is 3.05 bits per heavy atom. The van der Waals surface area contributed by atoms with Crippen LogP contribution in [0.4, 0.5) is 0 Å². The summed E-state index contributed by atoms with van der Waals surface area (Å²) in [7, 11) is 0. The van der Waals surface area contributed by atoms with Crippen LogP contribution in [0.25, 0.3) is 0 Å². The Morgan fingerprint density at radius 1 is 1.40 bits per heavy atom. The van der Waals surface area contributed by atoms with E-state index >= 15 is 0 Å². The Kier molecular flexibility index (Phi) is 3.96. The van der Waals surface area contributed by atoms with Gasteiger partial charge in [-0.1, -0.05) is 36.7 Å². The van der Waals surface area contributed by atoms with Crippen LogP contribution < -0.4 is 11.1 Å². The highest BCUT2D eigenvalue weighted by Gasteiger charge is 2.30. The molecule has 1 aromatic carbocycles. The zero-order chi connectivity index (χ0) is 13.9. The average molecular weight is 289 g/mol. The van der Waals surface area contributed by atoms with Gasteiger partial charge in [0.1, 0.15) is 0 Å². The first-order valence-corrected chi connectivity index (χ1v) is 8.07. The van der Waals surface area contributed by atoms with E-state index in [4.69, 9.17) is 10.7 Å². The molecule has 5 heteroatoms. The number of benzene rings is 1. The Balaban J connectivity index is 1.60. The van der Waals surface area contributed by atoms with E-state index in [1.807, 2.05) is 18.2 Å². The van der Waals surface area contributed by atoms with Crippen molar-refractivity contribution in [3.8, 4) is 0 Å². The molecule has 1 aromatic rings. The third-order valence-corrected chi connectivity index (χ3v) is 4.88. The lowest BCUT2D eigenvalue weighted by atomic mass is 9.92. The second-order valence-corrected chi connectivity index (χ2v) is 6.35. The van der Waals surface area contributed by atoms with Gasteiger partial charge in [-0.05, 0) is 30.5 Å². The lowest BCUT2D eigenvalue weighted by Gasteiger charge is -2.23. The van der Waals surface area contributed by atoms with Crippen LogP contribution in [0.5, 0.6) is 0 Å². The van der Waals surface area contributed by atoms with Crippen molar-refractivity contribution >= 4 is 22.8 Å². The minimum atomic E-state index is -0.376. The number of fused-ring (bicyclic) bond motifs is 1. The number of primary amides is 1. The fourth-order valence-electron chi connectivity index (χ4n) is 2.83. The summed E-state index contributed by atoms with van der Waals surface area (Å²) in [6.07, 6.45) is 5.04. The van der Waals surface area contributed by atoms with Gasteiger partial charge in [0.05, 0.1) is 12.1 Å². The molecular weight excluding hydrogens is 270 g/mol. The topological polar surface area (TPSA) is 67.5 Å². The minimum Gasteiger partial charge on any atom is -0.366 e. The quantitative estimate of drug-likeness (QED) is 0.897. The molecule has 1 aliphatic heterocycles. The highest BCUT2D eigenvalue weighted by Crippen LogP contribution is 2.28. The first-order valence-electron chi connectivity index (χ1n) is 7.08. The number of aliphatic imine (C=N–C) groups is 1. The lowest BCUT2D eigenvalue weighted by molar-refractivity contribution is 0.1000. The molecule has 4 nitrogen and oxygen atoms in total. The maximum absolute atomic E-state index is 11.2. The van der Waals surface area contributed by atoms with Gasteiger partial charge >= 0.3 is 0 Å². The summed E-state index contributed by atoms with van der Waals surface area (Å²) in [5.74, 6) is 0.436. The number of amidine groups is 1. The van der Waals surface area contributed by atoms with E-state index in [1.54, 1.807) is 17.8 Å². The van der Waals surface area contributed by atoms with Gasteiger partial charge in [0.15, 0.2) is 5.17 Å². The van der Waals surface area contributed by atoms with E-state index in [0.717, 1.165) is 16.5 Å². The number of carbonyl (C=O) groups excluding carboxylic acids is 1. The van der Waals surface area contributed by atoms with E-state index in [2.05, 4.69) is 5.32 Å². The summed E-state index contributed by atoms with van der Waals surface area (Å²) in [6.45, 7) is 0. The normalized spacial score (nSPS) is 24.7. The van der Waals surface area contributed by atoms with Crippen molar-refractivity contribution in [2.75, 3.05) is 0 Å². The van der Waals surface area contributed by atoms with Crippen LogP contribution >= 0.6 is 11.8 Å². The standard InChI is InChI=1S/C15H19N3OS/c16-14(19)11-5-3-4-10(8-11)9-20-15-17-12-6-1-2-7-13(12)18-15/h3-5,8,12-13H,1-2,6-7,9H2,(H2,16,19)(H,17,18). The summed E-state index contributed by atoms with van der Waals surface area (Å²) in [4.78, 5) is 15.9. The summed E-state index contributed by atoms with van der Waals surface area (Å²) >= 11 is 1.71. The van der Waals surface area contributed by atoms with E-state index in [0.29, 0.717) is 17.6 Å². The number of amides is 1. The minimum absolute atomic E-state index is 0.376. The monoisotopic (exact) mass is 289 g/mol. The molecule has 1 amide bonds. The van der Waals surface area contributed by atoms with Crippen molar-refractivity contribution in [1.29, 1.82) is 0 Å². The highest BCUT2D eigenvalue weighted by atomic mass is 32.2. The van der Waals surface area contributed by atoms with Gasteiger partial charge < -0.3 is 11.1 Å². The molecule has 20 heavy (non-hydrogen) atoms. The van der Waals surface area contributed by atoms with Crippen molar-refractivity contribution in [3.63, 3.8) is 0 Å². The van der Waals surface area contributed by atoms with Crippen molar-refractivity contribution in [1.82, 2.24) is 5.32 Å². The average Bonchev–Trinajstić information content (AvgIpc) is 2.88. The van der Waals surface area contributed by atoms with Crippen molar-refractivity contribution in [2.24, 2.45) is 10.7 Å². The van der Waals surface area contributed by atoms with E-state index < -0.39 is 0 Å². The number of nitrogens with zero attached hydrogens (tertiary/aromatic N) is 1. The number of thioether (sulfide) groups is 1. The van der Waals surface area contributed by atoms with Crippen LogP contribution in [-0.2, 0) is 5.75 Å². The van der Waals surface area contributed by atoms with Crippen LogP contribution in [0.2, 0.25) is 0 Å². The number of hydrogen-bond donors (Lipinski definition) is 2. The van der Waals surface area contributed by atoms with Crippen LogP contribution in [0.1, 0.15) is 41.6 Å². The molecule has 2 atom stereocenters. The van der Waals surface area contributed by atoms with Crippen LogP contribution in [0.15, 0.2) is 29.3 Å². The molecule has 3 rings (SSSR count). The molecular formula is C15H19N3OS. The highest BCUT2D eigenvalue weighted by molar-refractivity contribution is 8.13. The molecule has 0 radical (unpaired) electrons. The maximum Gasteiger partial charge on any atom is 0.248 e. The number of nitrogens with one attached hydrogen (secondary N) is 1. The van der Waals surface area contributed by atoms with Crippen molar-refractivity contribution in [3.05, 3.63) is 35.4 Å². The molecule has 1 saturated carbocycles. The zero-order valence-electron chi connectivity index (χ0n) is 11.3. The molecule has 1 fully saturated rings. The molecule has 0 aromatic heterocycles. The number of rotatable bonds is 3. The zero-order valence-corrected chi connectivity index (χ0v) is 12.2. The van der Waals surface area contributed by atoms with E-state index in [1.165, 1.54) is 25.7 Å². The van der Waals surface area contributed by atoms with Gasteiger partial charge in [0.25, 0.3) is 0 Å². The number of hydrogen-bond acceptors (Lipinski definition) is 4. The molecule has 2 unspecified atom stereocenters. The summed E-state index contributed by atoms with van der Waals surface area (Å²) in [6, 6.07) is 8.52. The molecule has 0 spiro atoms. The largest absolute Gasteiger partial charge is 0.366 e. The van der Waals surface area contributed by atoms with Gasteiger partial charge in [-0.15, -0.1) is 0 Å². The first-order chi connectivity index (χ1) is 9.72. The second-order valence-electron chi connectivity index (χ2n) is 5.39. The van der Waals surface area contributed by atoms with Crippen LogP contribution in [0.3, 0.4) is 0 Å². The van der Waals surface area contributed by atoms with Crippen molar-refractivity contribution in [2.45, 2.75) is 43.5 Å². The van der Waals surface area contributed by atoms with Crippen LogP contribution in [-0.4, -0.2) is 23.2 Å². The number of nitrogens with two attached hydrogens (primary N) is 1. The Labute approximate surface area is 123 Å². The van der Waals surface area contributed by atoms with Crippen molar-refractivity contribution < 1.29 is 4.79 Å². The number of carbonyl (C=O) groups is 1. The van der Waals surface area contributed by atoms with Gasteiger partial charge in [-0.25, -0.2) is 0 Å². The van der Waals surface area contributed by atoms with E-state index in [-0.39, 0.29) is 5.91 Å². The smallest absolute Gasteiger partial charge is 0.248 e. The van der Waals surface area contributed by atoms with Gasteiger partial charge in [0.2, 0.25) is 5.91 Å². The molecule has 2 aliphatic rings. The molecule has 3 N–H and O–H groups in total. The van der Waals surface area contributed by atoms with E-state index in [9.17, 15) is 4.79 Å². The molecule has 0 bridgehead atoms. The molecule has 106 valence electrons. The fourth-order valence-corrected chi connectivity index (χ4v) is 3.75. The van der Waals surface area contributed by atoms with Gasteiger partial charge in [-0.3, -0.25) is 9.79 Å². The molecule has 0 saturated heterocycles. The predicted molar refractivity (Wildman–Crippen MR) is 82.9 cm³/mol. The van der Waals surface area contributed by atoms with Gasteiger partial charge in [0, 0.05) is 11.3 Å². The summed E-state index contributed by atoms with van der Waals surface area (Å²) < 4.78 is 0. The summed E-state index contributed by atoms with van der Waals surface area (Å²) in [5, 5.41) is 4.57. The molecule has 1 heterocycles. The fraction of sp³-hybridized carbons (Fsp3) is 0.467. The first kappa shape index (κ1) is 13.5. The summed E-state index contributed by atoms with van der Waals surface area (Å²) in [5.41, 5.74) is 6.97. The maximum atomic E-state index is 11.2. The van der Waals surface area contributed by atoms with Gasteiger partial charge in [-0.2, -0.15) is 0 Å². The third kappa shape index (κ3) is 2.98. The Morgan fingerprint density at radius 2 is 2.25 bits per heavy atom. The Bertz CT molecular complexity index is 544. The molecule has 1 aliphatic carbocycles. The van der Waals surface area contributed by atoms with Crippen LogP contribution in [0, 0.1) is 0 Å². The lowest BCUT2D eigenvalue weighted by Crippen LogP contribution is -2.36.